The maximum absolute atomic E-state index is 14.2. The third kappa shape index (κ3) is 2.51. The van der Waals surface area contributed by atoms with Gasteiger partial charge in [0.2, 0.25) is 0 Å². The van der Waals surface area contributed by atoms with Crippen LogP contribution in [0.15, 0.2) is 59.5 Å². The van der Waals surface area contributed by atoms with Crippen LogP contribution >= 0.6 is 0 Å². The van der Waals surface area contributed by atoms with Gasteiger partial charge < -0.3 is 13.9 Å². The summed E-state index contributed by atoms with van der Waals surface area (Å²) in [5.74, 6) is 0.167. The zero-order valence-electron chi connectivity index (χ0n) is 15.2. The van der Waals surface area contributed by atoms with Crippen LogP contribution in [-0.2, 0) is 7.05 Å². The average molecular weight is 376 g/mol. The first-order valence-electron chi connectivity index (χ1n) is 9.04. The minimum Gasteiger partial charge on any atom is -0.442 e. The molecule has 0 aliphatic carbocycles. The molecule has 1 aliphatic rings. The minimum atomic E-state index is -0.277. The molecule has 1 amide bonds. The van der Waals surface area contributed by atoms with E-state index in [1.807, 2.05) is 25.2 Å². The van der Waals surface area contributed by atoms with Gasteiger partial charge in [0, 0.05) is 24.5 Å². The molecular weight excluding hydrogens is 359 g/mol. The first-order chi connectivity index (χ1) is 13.6. The lowest BCUT2D eigenvalue weighted by Crippen LogP contribution is -2.46. The molecule has 0 bridgehead atoms. The lowest BCUT2D eigenvalue weighted by atomic mass is 9.94. The van der Waals surface area contributed by atoms with E-state index in [1.165, 1.54) is 12.5 Å². The van der Waals surface area contributed by atoms with E-state index in [1.54, 1.807) is 33.9 Å². The molecule has 3 aromatic heterocycles. The number of benzene rings is 1. The molecular formula is C21H17FN4O2. The van der Waals surface area contributed by atoms with Crippen molar-refractivity contribution in [2.24, 2.45) is 7.05 Å². The summed E-state index contributed by atoms with van der Waals surface area (Å²) in [5, 5.41) is 0.858. The van der Waals surface area contributed by atoms with Crippen molar-refractivity contribution in [1.29, 1.82) is 0 Å². The van der Waals surface area contributed by atoms with Gasteiger partial charge in [-0.15, -0.1) is 0 Å². The van der Waals surface area contributed by atoms with E-state index in [4.69, 9.17) is 4.42 Å². The molecule has 1 saturated heterocycles. The SMILES string of the molecule is Cn1c(C(=O)N2CCC2c2ccccc2F)cc2ccc(-c3cnco3)nc21. The Morgan fingerprint density at radius 3 is 2.82 bits per heavy atom. The summed E-state index contributed by atoms with van der Waals surface area (Å²) in [5.41, 5.74) is 2.42. The van der Waals surface area contributed by atoms with Crippen molar-refractivity contribution in [2.45, 2.75) is 12.5 Å². The fourth-order valence-electron chi connectivity index (χ4n) is 3.73. The number of hydrogen-bond acceptors (Lipinski definition) is 4. The lowest BCUT2D eigenvalue weighted by molar-refractivity contribution is 0.0443. The van der Waals surface area contributed by atoms with Crippen LogP contribution < -0.4 is 0 Å². The predicted octanol–water partition coefficient (Wildman–Crippen LogP) is 3.95. The standard InChI is InChI=1S/C21H17FN4O2/c1-25-18(10-13-6-7-16(24-20(13)25)19-11-23-12-28-19)21(27)26-9-8-17(26)14-4-2-3-5-15(14)22/h2-7,10-12,17H,8-9H2,1H3. The third-order valence-electron chi connectivity index (χ3n) is 5.33. The Morgan fingerprint density at radius 1 is 1.25 bits per heavy atom. The van der Waals surface area contributed by atoms with Crippen LogP contribution in [0.4, 0.5) is 4.39 Å². The van der Waals surface area contributed by atoms with Crippen LogP contribution in [0.1, 0.15) is 28.5 Å². The number of carbonyl (C=O) groups excluding carboxylic acids is 1. The van der Waals surface area contributed by atoms with Crippen molar-refractivity contribution < 1.29 is 13.6 Å². The van der Waals surface area contributed by atoms with Gasteiger partial charge in [0.25, 0.3) is 5.91 Å². The Hall–Kier alpha value is -3.48. The number of carbonyl (C=O) groups is 1. The van der Waals surface area contributed by atoms with Crippen LogP contribution in [0.5, 0.6) is 0 Å². The molecule has 1 unspecified atom stereocenters. The summed E-state index contributed by atoms with van der Waals surface area (Å²) in [6, 6.07) is 12.0. The quantitative estimate of drug-likeness (QED) is 0.543. The number of rotatable bonds is 3. The number of aryl methyl sites for hydroxylation is 1. The molecule has 1 fully saturated rings. The maximum Gasteiger partial charge on any atom is 0.271 e. The zero-order chi connectivity index (χ0) is 19.3. The second-order valence-electron chi connectivity index (χ2n) is 6.89. The topological polar surface area (TPSA) is 64.2 Å². The fraction of sp³-hybridized carbons (Fsp3) is 0.190. The first-order valence-corrected chi connectivity index (χ1v) is 9.04. The largest absolute Gasteiger partial charge is 0.442 e. The van der Waals surface area contributed by atoms with Gasteiger partial charge in [0.1, 0.15) is 22.9 Å². The third-order valence-corrected chi connectivity index (χ3v) is 5.33. The highest BCUT2D eigenvalue weighted by Crippen LogP contribution is 2.36. The van der Waals surface area contributed by atoms with Gasteiger partial charge in [0.15, 0.2) is 12.2 Å². The Bertz CT molecular complexity index is 1180. The Morgan fingerprint density at radius 2 is 2.11 bits per heavy atom. The summed E-state index contributed by atoms with van der Waals surface area (Å²) in [7, 11) is 1.81. The summed E-state index contributed by atoms with van der Waals surface area (Å²) in [6.07, 6.45) is 3.71. The highest BCUT2D eigenvalue weighted by molar-refractivity contribution is 5.98. The van der Waals surface area contributed by atoms with E-state index in [0.29, 0.717) is 34.9 Å². The molecule has 7 heteroatoms. The molecule has 0 spiro atoms. The van der Waals surface area contributed by atoms with Crippen molar-refractivity contribution in [1.82, 2.24) is 19.4 Å². The highest BCUT2D eigenvalue weighted by Gasteiger charge is 2.36. The van der Waals surface area contributed by atoms with Gasteiger partial charge >= 0.3 is 0 Å². The van der Waals surface area contributed by atoms with Crippen LogP contribution in [0.25, 0.3) is 22.5 Å². The fourth-order valence-corrected chi connectivity index (χ4v) is 3.73. The summed E-state index contributed by atoms with van der Waals surface area (Å²) in [4.78, 5) is 23.4. The van der Waals surface area contributed by atoms with Gasteiger partial charge in [0.05, 0.1) is 12.2 Å². The Balaban J connectivity index is 1.50. The molecule has 1 atom stereocenters. The van der Waals surface area contributed by atoms with Crippen LogP contribution in [0.3, 0.4) is 0 Å². The first kappa shape index (κ1) is 16.7. The summed E-state index contributed by atoms with van der Waals surface area (Å²) in [6.45, 7) is 0.607. The molecule has 4 aromatic rings. The number of fused-ring (bicyclic) bond motifs is 1. The van der Waals surface area contributed by atoms with Gasteiger partial charge in [-0.05, 0) is 30.7 Å². The maximum atomic E-state index is 14.2. The van der Waals surface area contributed by atoms with Gasteiger partial charge in [-0.2, -0.15) is 0 Å². The average Bonchev–Trinajstić information content (AvgIpc) is 3.31. The number of aromatic nitrogens is 3. The normalized spacial score (nSPS) is 16.4. The Kier molecular flexibility index (Phi) is 3.75. The van der Waals surface area contributed by atoms with E-state index in [2.05, 4.69) is 9.97 Å². The monoisotopic (exact) mass is 376 g/mol. The van der Waals surface area contributed by atoms with E-state index < -0.39 is 0 Å². The summed E-state index contributed by atoms with van der Waals surface area (Å²) < 4.78 is 21.2. The van der Waals surface area contributed by atoms with Crippen molar-refractivity contribution >= 4 is 16.9 Å². The van der Waals surface area contributed by atoms with Crippen LogP contribution in [0.2, 0.25) is 0 Å². The number of oxazole rings is 1. The van der Waals surface area contributed by atoms with Crippen LogP contribution in [-0.4, -0.2) is 31.9 Å². The summed E-state index contributed by atoms with van der Waals surface area (Å²) >= 11 is 0. The van der Waals surface area contributed by atoms with E-state index in [0.717, 1.165) is 11.8 Å². The second-order valence-corrected chi connectivity index (χ2v) is 6.89. The molecule has 4 heterocycles. The predicted molar refractivity (Wildman–Crippen MR) is 101 cm³/mol. The van der Waals surface area contributed by atoms with E-state index in [9.17, 15) is 9.18 Å². The van der Waals surface area contributed by atoms with Crippen molar-refractivity contribution in [2.75, 3.05) is 6.54 Å². The van der Waals surface area contributed by atoms with Crippen molar-refractivity contribution in [3.63, 3.8) is 0 Å². The molecule has 1 aromatic carbocycles. The van der Waals surface area contributed by atoms with Crippen LogP contribution in [0, 0.1) is 5.82 Å². The van der Waals surface area contributed by atoms with E-state index >= 15 is 0 Å². The van der Waals surface area contributed by atoms with Gasteiger partial charge in [-0.3, -0.25) is 4.79 Å². The molecule has 1 aliphatic heterocycles. The molecule has 28 heavy (non-hydrogen) atoms. The van der Waals surface area contributed by atoms with E-state index in [-0.39, 0.29) is 17.8 Å². The highest BCUT2D eigenvalue weighted by atomic mass is 19.1. The molecule has 0 saturated carbocycles. The number of hydrogen-bond donors (Lipinski definition) is 0. The molecule has 0 radical (unpaired) electrons. The number of pyridine rings is 1. The zero-order valence-corrected chi connectivity index (χ0v) is 15.2. The second kappa shape index (κ2) is 6.30. The number of halogens is 1. The molecule has 140 valence electrons. The Labute approximate surface area is 160 Å². The number of amides is 1. The van der Waals surface area contributed by atoms with Gasteiger partial charge in [-0.1, -0.05) is 18.2 Å². The molecule has 5 rings (SSSR count). The smallest absolute Gasteiger partial charge is 0.271 e. The molecule has 0 N–H and O–H groups in total. The van der Waals surface area contributed by atoms with Crippen molar-refractivity contribution in [3.05, 3.63) is 72.1 Å². The van der Waals surface area contributed by atoms with Gasteiger partial charge in [-0.25, -0.2) is 14.4 Å². The minimum absolute atomic E-state index is 0.124. The molecule has 6 nitrogen and oxygen atoms in total. The number of likely N-dealkylation sites (tertiary alicyclic amines) is 1. The number of nitrogens with zero attached hydrogens (tertiary/aromatic N) is 4. The van der Waals surface area contributed by atoms with Crippen molar-refractivity contribution in [3.8, 4) is 11.5 Å². The lowest BCUT2D eigenvalue weighted by Gasteiger charge is -2.41.